The summed E-state index contributed by atoms with van der Waals surface area (Å²) in [5, 5.41) is 0. The van der Waals surface area contributed by atoms with E-state index in [4.69, 9.17) is 0 Å². The second-order valence-electron chi connectivity index (χ2n) is 5.57. The highest BCUT2D eigenvalue weighted by Gasteiger charge is 2.01. The minimum atomic E-state index is 1.21. The number of allylic oxidation sites excluding steroid dienone is 3. The third kappa shape index (κ3) is 4.08. The average molecular weight is 296 g/mol. The molecule has 0 aromatic heterocycles. The first-order valence-corrected chi connectivity index (χ1v) is 7.89. The first-order valence-electron chi connectivity index (χ1n) is 7.89. The van der Waals surface area contributed by atoms with Crippen LogP contribution in [0.3, 0.4) is 0 Å². The van der Waals surface area contributed by atoms with E-state index >= 15 is 0 Å². The summed E-state index contributed by atoms with van der Waals surface area (Å²) < 4.78 is 0. The van der Waals surface area contributed by atoms with Crippen LogP contribution in [-0.2, 0) is 0 Å². The average Bonchev–Trinajstić information content (AvgIpc) is 2.63. The van der Waals surface area contributed by atoms with Gasteiger partial charge in [-0.05, 0) is 40.8 Å². The number of hydrogen-bond donors (Lipinski definition) is 0. The van der Waals surface area contributed by atoms with E-state index in [1.54, 1.807) is 0 Å². The molecule has 0 aliphatic rings. The molecule has 0 nitrogen and oxygen atoms in total. The molecular formula is C23H20. The van der Waals surface area contributed by atoms with Gasteiger partial charge in [-0.2, -0.15) is 0 Å². The van der Waals surface area contributed by atoms with E-state index in [2.05, 4.69) is 104 Å². The van der Waals surface area contributed by atoms with Crippen LogP contribution in [0.2, 0.25) is 0 Å². The quantitative estimate of drug-likeness (QED) is 0.390. The minimum Gasteiger partial charge on any atom is -0.0622 e. The Morgan fingerprint density at radius 2 is 1.09 bits per heavy atom. The van der Waals surface area contributed by atoms with Crippen LogP contribution in [0.5, 0.6) is 0 Å². The van der Waals surface area contributed by atoms with Gasteiger partial charge in [-0.1, -0.05) is 97.1 Å². The van der Waals surface area contributed by atoms with Crippen molar-refractivity contribution >= 4 is 17.2 Å². The van der Waals surface area contributed by atoms with Crippen LogP contribution < -0.4 is 0 Å². The van der Waals surface area contributed by atoms with Gasteiger partial charge in [0.05, 0.1) is 0 Å². The molecule has 3 rings (SSSR count). The largest absolute Gasteiger partial charge is 0.0622 e. The van der Waals surface area contributed by atoms with Gasteiger partial charge in [0.15, 0.2) is 0 Å². The topological polar surface area (TPSA) is 0 Å². The minimum absolute atomic E-state index is 1.21. The van der Waals surface area contributed by atoms with Crippen molar-refractivity contribution in [1.29, 1.82) is 0 Å². The molecule has 0 spiro atoms. The van der Waals surface area contributed by atoms with Gasteiger partial charge in [-0.3, -0.25) is 0 Å². The van der Waals surface area contributed by atoms with Gasteiger partial charge in [-0.25, -0.2) is 0 Å². The zero-order chi connectivity index (χ0) is 15.9. The predicted molar refractivity (Wildman–Crippen MR) is 101 cm³/mol. The Morgan fingerprint density at radius 3 is 1.65 bits per heavy atom. The van der Waals surface area contributed by atoms with E-state index in [9.17, 15) is 0 Å². The summed E-state index contributed by atoms with van der Waals surface area (Å²) in [7, 11) is 0. The molecule has 0 aliphatic heterocycles. The molecule has 23 heavy (non-hydrogen) atoms. The first kappa shape index (κ1) is 15.1. The zero-order valence-corrected chi connectivity index (χ0v) is 13.3. The van der Waals surface area contributed by atoms with Crippen molar-refractivity contribution < 1.29 is 0 Å². The summed E-state index contributed by atoms with van der Waals surface area (Å²) in [4.78, 5) is 0. The molecule has 0 fully saturated rings. The summed E-state index contributed by atoms with van der Waals surface area (Å²) in [6.45, 7) is 2.16. The van der Waals surface area contributed by atoms with Gasteiger partial charge in [0.1, 0.15) is 0 Å². The zero-order valence-electron chi connectivity index (χ0n) is 13.3. The van der Waals surface area contributed by atoms with Gasteiger partial charge >= 0.3 is 0 Å². The van der Waals surface area contributed by atoms with Crippen LogP contribution in [0, 0.1) is 0 Å². The Kier molecular flexibility index (Phi) is 4.85. The highest BCUT2D eigenvalue weighted by molar-refractivity contribution is 5.92. The van der Waals surface area contributed by atoms with Crippen molar-refractivity contribution in [2.45, 2.75) is 6.92 Å². The smallest absolute Gasteiger partial charge is 0.0175 e. The number of hydrogen-bond acceptors (Lipinski definition) is 0. The maximum absolute atomic E-state index is 2.26. The van der Waals surface area contributed by atoms with Crippen LogP contribution in [0.15, 0.2) is 97.1 Å². The fourth-order valence-corrected chi connectivity index (χ4v) is 2.59. The number of rotatable bonds is 4. The van der Waals surface area contributed by atoms with Crippen LogP contribution in [0.25, 0.3) is 17.2 Å². The first-order chi connectivity index (χ1) is 11.3. The Bertz CT molecular complexity index is 794. The van der Waals surface area contributed by atoms with E-state index in [1.807, 2.05) is 6.07 Å². The molecule has 0 atom stereocenters. The summed E-state index contributed by atoms with van der Waals surface area (Å²) in [6.07, 6.45) is 4.50. The Morgan fingerprint density at radius 1 is 0.609 bits per heavy atom. The lowest BCUT2D eigenvalue weighted by Gasteiger charge is -2.07. The molecule has 0 saturated heterocycles. The van der Waals surface area contributed by atoms with E-state index in [0.717, 1.165) is 0 Å². The molecule has 0 saturated carbocycles. The van der Waals surface area contributed by atoms with Crippen molar-refractivity contribution in [1.82, 2.24) is 0 Å². The van der Waals surface area contributed by atoms with Crippen LogP contribution in [-0.4, -0.2) is 0 Å². The van der Waals surface area contributed by atoms with Crippen LogP contribution in [0.4, 0.5) is 0 Å². The molecule has 0 amide bonds. The van der Waals surface area contributed by atoms with Crippen molar-refractivity contribution in [3.8, 4) is 0 Å². The maximum Gasteiger partial charge on any atom is -0.0175 e. The Labute approximate surface area is 138 Å². The number of benzene rings is 3. The van der Waals surface area contributed by atoms with Crippen molar-refractivity contribution in [2.24, 2.45) is 0 Å². The Balaban J connectivity index is 2.04. The molecule has 0 bridgehead atoms. The molecule has 112 valence electrons. The molecule has 0 unspecified atom stereocenters. The molecule has 0 radical (unpaired) electrons. The summed E-state index contributed by atoms with van der Waals surface area (Å²) in [6, 6.07) is 31.5. The van der Waals surface area contributed by atoms with E-state index in [0.29, 0.717) is 0 Å². The van der Waals surface area contributed by atoms with Crippen LogP contribution in [0.1, 0.15) is 23.6 Å². The third-order valence-corrected chi connectivity index (χ3v) is 3.83. The second kappa shape index (κ2) is 7.42. The van der Waals surface area contributed by atoms with Crippen molar-refractivity contribution in [2.75, 3.05) is 0 Å². The highest BCUT2D eigenvalue weighted by Crippen LogP contribution is 2.24. The highest BCUT2D eigenvalue weighted by atomic mass is 14.1. The second-order valence-corrected chi connectivity index (χ2v) is 5.57. The van der Waals surface area contributed by atoms with Gasteiger partial charge in [0.25, 0.3) is 0 Å². The van der Waals surface area contributed by atoms with Crippen molar-refractivity contribution in [3.63, 3.8) is 0 Å². The van der Waals surface area contributed by atoms with E-state index in [1.165, 1.54) is 27.8 Å². The van der Waals surface area contributed by atoms with Crippen LogP contribution >= 0.6 is 0 Å². The molecule has 3 aromatic carbocycles. The van der Waals surface area contributed by atoms with Gasteiger partial charge in [-0.15, -0.1) is 0 Å². The lowest BCUT2D eigenvalue weighted by molar-refractivity contribution is 1.56. The molecule has 0 heteroatoms. The molecule has 0 aliphatic carbocycles. The van der Waals surface area contributed by atoms with Gasteiger partial charge in [0, 0.05) is 0 Å². The summed E-state index contributed by atoms with van der Waals surface area (Å²) in [5.41, 5.74) is 6.17. The third-order valence-electron chi connectivity index (χ3n) is 3.83. The lowest BCUT2D eigenvalue weighted by Crippen LogP contribution is -1.84. The lowest BCUT2D eigenvalue weighted by atomic mass is 9.98. The molecular weight excluding hydrogens is 276 g/mol. The maximum atomic E-state index is 2.26. The van der Waals surface area contributed by atoms with Gasteiger partial charge < -0.3 is 0 Å². The normalized spacial score (nSPS) is 12.2. The summed E-state index contributed by atoms with van der Waals surface area (Å²) >= 11 is 0. The fourth-order valence-electron chi connectivity index (χ4n) is 2.59. The molecule has 0 N–H and O–H groups in total. The Hall–Kier alpha value is -2.86. The fraction of sp³-hybridized carbons (Fsp3) is 0.0435. The molecule has 3 aromatic rings. The predicted octanol–water partition coefficient (Wildman–Crippen LogP) is 6.33. The SMILES string of the molecule is C/C(=C/C(=C/c1ccccc1)c1ccccc1)c1ccccc1. The summed E-state index contributed by atoms with van der Waals surface area (Å²) in [5.74, 6) is 0. The monoisotopic (exact) mass is 296 g/mol. The van der Waals surface area contributed by atoms with E-state index in [-0.39, 0.29) is 0 Å². The van der Waals surface area contributed by atoms with Gasteiger partial charge in [0.2, 0.25) is 0 Å². The van der Waals surface area contributed by atoms with Crippen molar-refractivity contribution in [3.05, 3.63) is 114 Å². The molecule has 0 heterocycles. The van der Waals surface area contributed by atoms with E-state index < -0.39 is 0 Å². The standard InChI is InChI=1S/C23H20/c1-19(21-13-7-3-8-14-21)17-23(22-15-9-4-10-16-22)18-20-11-5-2-6-12-20/h2-18H,1H3/b19-17-,23-18-.